The third kappa shape index (κ3) is 2.70. The number of benzene rings is 1. The van der Waals surface area contributed by atoms with Crippen molar-refractivity contribution in [2.45, 2.75) is 18.1 Å². The molecular weight excluding hydrogens is 232 g/mol. The van der Waals surface area contributed by atoms with E-state index in [2.05, 4.69) is 22.2 Å². The van der Waals surface area contributed by atoms with Crippen molar-refractivity contribution in [3.05, 3.63) is 36.9 Å². The number of rotatable bonds is 6. The zero-order valence-corrected chi connectivity index (χ0v) is 10.5. The standard InChI is InChI=1S/C13H16N2OS/c1-2-8-15-12-7-4-3-6-11(12)14-13(15)17-10-5-9-16/h2-4,6-7,16H,1,5,8-10H2. The molecule has 17 heavy (non-hydrogen) atoms. The predicted octanol–water partition coefficient (Wildman–Crippen LogP) is 2.70. The first-order chi connectivity index (χ1) is 8.36. The highest BCUT2D eigenvalue weighted by molar-refractivity contribution is 7.99. The minimum Gasteiger partial charge on any atom is -0.396 e. The maximum absolute atomic E-state index is 8.80. The van der Waals surface area contributed by atoms with Crippen LogP contribution in [0.1, 0.15) is 6.42 Å². The summed E-state index contributed by atoms with van der Waals surface area (Å²) >= 11 is 1.68. The highest BCUT2D eigenvalue weighted by Crippen LogP contribution is 2.24. The molecule has 0 aliphatic rings. The molecule has 2 aromatic rings. The van der Waals surface area contributed by atoms with Gasteiger partial charge in [0.15, 0.2) is 5.16 Å². The van der Waals surface area contributed by atoms with Crippen LogP contribution in [-0.4, -0.2) is 27.0 Å². The van der Waals surface area contributed by atoms with Crippen LogP contribution >= 0.6 is 11.8 Å². The van der Waals surface area contributed by atoms with Gasteiger partial charge in [-0.15, -0.1) is 6.58 Å². The fraction of sp³-hybridized carbons (Fsp3) is 0.308. The zero-order valence-electron chi connectivity index (χ0n) is 9.67. The lowest BCUT2D eigenvalue weighted by molar-refractivity contribution is 0.296. The van der Waals surface area contributed by atoms with Crippen LogP contribution in [0.25, 0.3) is 11.0 Å². The smallest absolute Gasteiger partial charge is 0.169 e. The van der Waals surface area contributed by atoms with E-state index in [-0.39, 0.29) is 6.61 Å². The summed E-state index contributed by atoms with van der Waals surface area (Å²) in [6.45, 7) is 4.78. The van der Waals surface area contributed by atoms with Crippen LogP contribution in [0.2, 0.25) is 0 Å². The van der Waals surface area contributed by atoms with Crippen LogP contribution in [0.4, 0.5) is 0 Å². The van der Waals surface area contributed by atoms with Crippen LogP contribution in [-0.2, 0) is 6.54 Å². The Morgan fingerprint density at radius 3 is 3.00 bits per heavy atom. The van der Waals surface area contributed by atoms with Gasteiger partial charge in [-0.25, -0.2) is 4.98 Å². The molecule has 0 saturated carbocycles. The van der Waals surface area contributed by atoms with Gasteiger partial charge in [0.2, 0.25) is 0 Å². The van der Waals surface area contributed by atoms with Crippen molar-refractivity contribution in [1.29, 1.82) is 0 Å². The number of imidazole rings is 1. The summed E-state index contributed by atoms with van der Waals surface area (Å²) in [7, 11) is 0. The second-order valence-electron chi connectivity index (χ2n) is 3.71. The second-order valence-corrected chi connectivity index (χ2v) is 4.77. The van der Waals surface area contributed by atoms with Crippen molar-refractivity contribution in [2.75, 3.05) is 12.4 Å². The maximum Gasteiger partial charge on any atom is 0.169 e. The molecule has 0 saturated heterocycles. The highest BCUT2D eigenvalue weighted by Gasteiger charge is 2.09. The Morgan fingerprint density at radius 2 is 2.24 bits per heavy atom. The number of para-hydroxylation sites is 2. The molecule has 0 aliphatic carbocycles. The molecule has 2 rings (SSSR count). The quantitative estimate of drug-likeness (QED) is 0.485. The third-order valence-electron chi connectivity index (χ3n) is 2.46. The molecule has 1 heterocycles. The van der Waals surface area contributed by atoms with E-state index in [4.69, 9.17) is 5.11 Å². The molecule has 0 radical (unpaired) electrons. The lowest BCUT2D eigenvalue weighted by atomic mass is 10.3. The summed E-state index contributed by atoms with van der Waals surface area (Å²) in [5.74, 6) is 0.886. The van der Waals surface area contributed by atoms with Crippen molar-refractivity contribution < 1.29 is 5.11 Å². The molecule has 90 valence electrons. The lowest BCUT2D eigenvalue weighted by Crippen LogP contribution is -1.98. The summed E-state index contributed by atoms with van der Waals surface area (Å²) in [6.07, 6.45) is 2.67. The van der Waals surface area contributed by atoms with Gasteiger partial charge in [-0.05, 0) is 18.6 Å². The topological polar surface area (TPSA) is 38.0 Å². The average Bonchev–Trinajstić information content (AvgIpc) is 2.69. The van der Waals surface area contributed by atoms with Gasteiger partial charge >= 0.3 is 0 Å². The van der Waals surface area contributed by atoms with Crippen molar-refractivity contribution in [3.63, 3.8) is 0 Å². The van der Waals surface area contributed by atoms with Crippen molar-refractivity contribution in [2.24, 2.45) is 0 Å². The molecule has 1 aromatic heterocycles. The molecule has 0 amide bonds. The SMILES string of the molecule is C=CCn1c(SCCCO)nc2ccccc21. The van der Waals surface area contributed by atoms with Crippen LogP contribution in [0, 0.1) is 0 Å². The number of aliphatic hydroxyl groups excluding tert-OH is 1. The fourth-order valence-electron chi connectivity index (χ4n) is 1.70. The Balaban J connectivity index is 2.32. The monoisotopic (exact) mass is 248 g/mol. The molecule has 0 unspecified atom stereocenters. The lowest BCUT2D eigenvalue weighted by Gasteiger charge is -2.05. The Kier molecular flexibility index (Phi) is 4.23. The summed E-state index contributed by atoms with van der Waals surface area (Å²) in [4.78, 5) is 4.60. The minimum atomic E-state index is 0.231. The Hall–Kier alpha value is -1.26. The molecule has 4 heteroatoms. The van der Waals surface area contributed by atoms with Crippen LogP contribution in [0.15, 0.2) is 42.1 Å². The number of thioether (sulfide) groups is 1. The van der Waals surface area contributed by atoms with Crippen molar-refractivity contribution in [1.82, 2.24) is 9.55 Å². The van der Waals surface area contributed by atoms with E-state index >= 15 is 0 Å². The number of hydrogen-bond donors (Lipinski definition) is 1. The fourth-order valence-corrected chi connectivity index (χ4v) is 2.64. The third-order valence-corrected chi connectivity index (χ3v) is 3.53. The molecule has 3 nitrogen and oxygen atoms in total. The normalized spacial score (nSPS) is 10.9. The van der Waals surface area contributed by atoms with E-state index in [1.54, 1.807) is 11.8 Å². The van der Waals surface area contributed by atoms with E-state index in [0.29, 0.717) is 0 Å². The number of hydrogen-bond acceptors (Lipinski definition) is 3. The molecule has 0 fully saturated rings. The van der Waals surface area contributed by atoms with Crippen molar-refractivity contribution >= 4 is 22.8 Å². The van der Waals surface area contributed by atoms with Gasteiger partial charge in [-0.1, -0.05) is 30.0 Å². The van der Waals surface area contributed by atoms with Gasteiger partial charge in [0.1, 0.15) is 0 Å². The van der Waals surface area contributed by atoms with E-state index in [1.807, 2.05) is 24.3 Å². The van der Waals surface area contributed by atoms with E-state index < -0.39 is 0 Å². The van der Waals surface area contributed by atoms with Crippen LogP contribution < -0.4 is 0 Å². The van der Waals surface area contributed by atoms with Crippen LogP contribution in [0.5, 0.6) is 0 Å². The van der Waals surface area contributed by atoms with Gasteiger partial charge in [-0.3, -0.25) is 0 Å². The van der Waals surface area contributed by atoms with Gasteiger partial charge in [0.05, 0.1) is 11.0 Å². The molecular formula is C13H16N2OS. The number of fused-ring (bicyclic) bond motifs is 1. The van der Waals surface area contributed by atoms with E-state index in [1.165, 1.54) is 0 Å². The number of allylic oxidation sites excluding steroid dienone is 1. The number of nitrogens with zero attached hydrogens (tertiary/aromatic N) is 2. The summed E-state index contributed by atoms with van der Waals surface area (Å²) in [5, 5.41) is 9.80. The summed E-state index contributed by atoms with van der Waals surface area (Å²) < 4.78 is 2.16. The summed E-state index contributed by atoms with van der Waals surface area (Å²) in [6, 6.07) is 8.11. The zero-order chi connectivity index (χ0) is 12.1. The summed E-state index contributed by atoms with van der Waals surface area (Å²) in [5.41, 5.74) is 2.15. The molecule has 0 bridgehead atoms. The van der Waals surface area contributed by atoms with Gasteiger partial charge < -0.3 is 9.67 Å². The number of aromatic nitrogens is 2. The predicted molar refractivity (Wildman–Crippen MR) is 72.4 cm³/mol. The van der Waals surface area contributed by atoms with E-state index in [0.717, 1.165) is 34.9 Å². The van der Waals surface area contributed by atoms with Gasteiger partial charge in [0.25, 0.3) is 0 Å². The molecule has 0 spiro atoms. The maximum atomic E-state index is 8.80. The number of aliphatic hydroxyl groups is 1. The second kappa shape index (κ2) is 5.89. The first kappa shape index (κ1) is 12.2. The Labute approximate surface area is 105 Å². The molecule has 0 atom stereocenters. The van der Waals surface area contributed by atoms with Crippen LogP contribution in [0.3, 0.4) is 0 Å². The first-order valence-corrected chi connectivity index (χ1v) is 6.65. The van der Waals surface area contributed by atoms with Gasteiger partial charge in [0, 0.05) is 18.9 Å². The molecule has 1 aromatic carbocycles. The average molecular weight is 248 g/mol. The van der Waals surface area contributed by atoms with Crippen molar-refractivity contribution in [3.8, 4) is 0 Å². The largest absolute Gasteiger partial charge is 0.396 e. The molecule has 1 N–H and O–H groups in total. The Morgan fingerprint density at radius 1 is 1.41 bits per heavy atom. The first-order valence-electron chi connectivity index (χ1n) is 5.66. The molecule has 0 aliphatic heterocycles. The van der Waals surface area contributed by atoms with E-state index in [9.17, 15) is 0 Å². The highest BCUT2D eigenvalue weighted by atomic mass is 32.2. The Bertz CT molecular complexity index is 507. The van der Waals surface area contributed by atoms with Gasteiger partial charge in [-0.2, -0.15) is 0 Å². The minimum absolute atomic E-state index is 0.231.